The molecular formula is C10H10N4O2S2. The van der Waals surface area contributed by atoms with Gasteiger partial charge >= 0.3 is 5.97 Å². The number of pyridine rings is 1. The second-order valence-corrected chi connectivity index (χ2v) is 5.46. The molecule has 0 saturated heterocycles. The largest absolute Gasteiger partial charge is 0.481 e. The van der Waals surface area contributed by atoms with Crippen LogP contribution in [0.1, 0.15) is 5.56 Å². The molecular weight excluding hydrogens is 272 g/mol. The van der Waals surface area contributed by atoms with Crippen LogP contribution in [0.3, 0.4) is 0 Å². The molecule has 6 nitrogen and oxygen atoms in total. The highest BCUT2D eigenvalue weighted by Crippen LogP contribution is 2.25. The fourth-order valence-electron chi connectivity index (χ4n) is 1.14. The number of carbonyl (C=O) groups is 1. The Bertz CT molecular complexity index is 518. The molecule has 0 aliphatic heterocycles. The molecule has 0 aliphatic rings. The lowest BCUT2D eigenvalue weighted by molar-refractivity contribution is -0.133. The lowest BCUT2D eigenvalue weighted by Gasteiger charge is -2.00. The molecule has 0 spiro atoms. The first-order valence-corrected chi connectivity index (χ1v) is 6.85. The van der Waals surface area contributed by atoms with Crippen molar-refractivity contribution in [3.8, 4) is 0 Å². The maximum atomic E-state index is 10.4. The molecule has 0 amide bonds. The second kappa shape index (κ2) is 6.31. The molecule has 0 unspecified atom stereocenters. The molecule has 2 N–H and O–H groups in total. The molecule has 2 rings (SSSR count). The van der Waals surface area contributed by atoms with E-state index in [4.69, 9.17) is 5.11 Å². The van der Waals surface area contributed by atoms with E-state index >= 15 is 0 Å². The predicted octanol–water partition coefficient (Wildman–Crippen LogP) is 1.72. The fourth-order valence-corrected chi connectivity index (χ4v) is 2.61. The van der Waals surface area contributed by atoms with Gasteiger partial charge in [-0.25, -0.2) is 0 Å². The van der Waals surface area contributed by atoms with Crippen molar-refractivity contribution in [2.75, 3.05) is 11.1 Å². The summed E-state index contributed by atoms with van der Waals surface area (Å²) in [5.41, 5.74) is 1.10. The van der Waals surface area contributed by atoms with Crippen LogP contribution in [-0.4, -0.2) is 32.0 Å². The lowest BCUT2D eigenvalue weighted by atomic mass is 10.3. The number of thioether (sulfide) groups is 1. The van der Waals surface area contributed by atoms with Crippen molar-refractivity contribution < 1.29 is 9.90 Å². The number of aromatic nitrogens is 3. The van der Waals surface area contributed by atoms with Gasteiger partial charge in [-0.15, -0.1) is 10.2 Å². The number of carboxylic acids is 1. The number of anilines is 1. The van der Waals surface area contributed by atoms with Gasteiger partial charge in [0.25, 0.3) is 0 Å². The van der Waals surface area contributed by atoms with E-state index < -0.39 is 5.97 Å². The van der Waals surface area contributed by atoms with Gasteiger partial charge in [-0.1, -0.05) is 23.1 Å². The van der Waals surface area contributed by atoms with Gasteiger partial charge in [0, 0.05) is 18.9 Å². The van der Waals surface area contributed by atoms with Crippen LogP contribution in [0.15, 0.2) is 28.9 Å². The Kier molecular flexibility index (Phi) is 4.48. The van der Waals surface area contributed by atoms with Gasteiger partial charge in [0.2, 0.25) is 5.13 Å². The quantitative estimate of drug-likeness (QED) is 0.780. The van der Waals surface area contributed by atoms with Gasteiger partial charge in [0.15, 0.2) is 4.34 Å². The van der Waals surface area contributed by atoms with Crippen LogP contribution < -0.4 is 5.32 Å². The first-order valence-electron chi connectivity index (χ1n) is 5.05. The zero-order chi connectivity index (χ0) is 12.8. The Balaban J connectivity index is 1.85. The average Bonchev–Trinajstić information content (AvgIpc) is 2.83. The van der Waals surface area contributed by atoms with E-state index in [1.807, 2.05) is 12.1 Å². The summed E-state index contributed by atoms with van der Waals surface area (Å²) in [7, 11) is 0. The van der Waals surface area contributed by atoms with Crippen LogP contribution in [0.5, 0.6) is 0 Å². The molecule has 0 radical (unpaired) electrons. The van der Waals surface area contributed by atoms with Crippen molar-refractivity contribution in [3.05, 3.63) is 30.1 Å². The summed E-state index contributed by atoms with van der Waals surface area (Å²) in [6, 6.07) is 3.82. The summed E-state index contributed by atoms with van der Waals surface area (Å²) in [6.45, 7) is 0.640. The maximum Gasteiger partial charge on any atom is 0.313 e. The third kappa shape index (κ3) is 3.97. The average molecular weight is 282 g/mol. The third-order valence-electron chi connectivity index (χ3n) is 1.92. The topological polar surface area (TPSA) is 88.0 Å². The molecule has 2 heterocycles. The Labute approximate surface area is 111 Å². The first-order chi connectivity index (χ1) is 8.74. The van der Waals surface area contributed by atoms with Crippen LogP contribution in [0.4, 0.5) is 5.13 Å². The number of hydrogen-bond acceptors (Lipinski definition) is 7. The van der Waals surface area contributed by atoms with Crippen molar-refractivity contribution >= 4 is 34.2 Å². The highest BCUT2D eigenvalue weighted by molar-refractivity contribution is 8.01. The number of aliphatic carboxylic acids is 1. The number of hydrogen-bond donors (Lipinski definition) is 2. The lowest BCUT2D eigenvalue weighted by Crippen LogP contribution is -1.98. The monoisotopic (exact) mass is 282 g/mol. The molecule has 2 aromatic heterocycles. The van der Waals surface area contributed by atoms with E-state index in [-0.39, 0.29) is 5.75 Å². The number of rotatable bonds is 6. The molecule has 94 valence electrons. The van der Waals surface area contributed by atoms with Crippen molar-refractivity contribution in [1.29, 1.82) is 0 Å². The van der Waals surface area contributed by atoms with Crippen LogP contribution in [0.2, 0.25) is 0 Å². The summed E-state index contributed by atoms with van der Waals surface area (Å²) >= 11 is 2.51. The van der Waals surface area contributed by atoms with Gasteiger partial charge in [0.05, 0.1) is 5.75 Å². The maximum absolute atomic E-state index is 10.4. The minimum absolute atomic E-state index is 0.00100. The highest BCUT2D eigenvalue weighted by atomic mass is 32.2. The Morgan fingerprint density at radius 2 is 2.17 bits per heavy atom. The Hall–Kier alpha value is -1.67. The normalized spacial score (nSPS) is 10.2. The molecule has 2 aromatic rings. The van der Waals surface area contributed by atoms with Crippen molar-refractivity contribution in [1.82, 2.24) is 15.2 Å². The standard InChI is InChI=1S/C10H10N4O2S2/c15-8(16)6-17-10-14-13-9(18-10)12-5-7-1-3-11-4-2-7/h1-4H,5-6H2,(H,12,13)(H,15,16). The smallest absolute Gasteiger partial charge is 0.313 e. The summed E-state index contributed by atoms with van der Waals surface area (Å²) in [4.78, 5) is 14.3. The van der Waals surface area contributed by atoms with E-state index in [1.54, 1.807) is 12.4 Å². The molecule has 8 heteroatoms. The molecule has 0 fully saturated rings. The van der Waals surface area contributed by atoms with Crippen molar-refractivity contribution in [3.63, 3.8) is 0 Å². The minimum Gasteiger partial charge on any atom is -0.481 e. The molecule has 0 atom stereocenters. The summed E-state index contributed by atoms with van der Waals surface area (Å²) < 4.78 is 0.648. The summed E-state index contributed by atoms with van der Waals surface area (Å²) in [5.74, 6) is -0.861. The predicted molar refractivity (Wildman–Crippen MR) is 69.8 cm³/mol. The SMILES string of the molecule is O=C(O)CSc1nnc(NCc2ccncc2)s1. The van der Waals surface area contributed by atoms with Crippen molar-refractivity contribution in [2.24, 2.45) is 0 Å². The van der Waals surface area contributed by atoms with E-state index in [2.05, 4.69) is 20.5 Å². The molecule has 0 bridgehead atoms. The highest BCUT2D eigenvalue weighted by Gasteiger charge is 2.06. The minimum atomic E-state index is -0.860. The van der Waals surface area contributed by atoms with E-state index in [0.717, 1.165) is 5.56 Å². The van der Waals surface area contributed by atoms with Crippen molar-refractivity contribution in [2.45, 2.75) is 10.9 Å². The molecule has 18 heavy (non-hydrogen) atoms. The van der Waals surface area contributed by atoms with E-state index in [1.165, 1.54) is 23.1 Å². The summed E-state index contributed by atoms with van der Waals surface area (Å²) in [6.07, 6.45) is 3.45. The van der Waals surface area contributed by atoms with Gasteiger partial charge < -0.3 is 10.4 Å². The van der Waals surface area contributed by atoms with Gasteiger partial charge in [-0.05, 0) is 17.7 Å². The van der Waals surface area contributed by atoms with Crippen LogP contribution in [-0.2, 0) is 11.3 Å². The summed E-state index contributed by atoms with van der Waals surface area (Å²) in [5, 5.41) is 20.2. The number of carboxylic acid groups (broad SMARTS) is 1. The molecule has 0 aromatic carbocycles. The van der Waals surface area contributed by atoms with Gasteiger partial charge in [-0.2, -0.15) is 0 Å². The van der Waals surface area contributed by atoms with Gasteiger partial charge in [-0.3, -0.25) is 9.78 Å². The third-order valence-corrected chi connectivity index (χ3v) is 3.92. The fraction of sp³-hybridized carbons (Fsp3) is 0.200. The Morgan fingerprint density at radius 3 is 2.89 bits per heavy atom. The number of nitrogens with zero attached hydrogens (tertiary/aromatic N) is 3. The van der Waals surface area contributed by atoms with E-state index in [0.29, 0.717) is 16.0 Å². The molecule has 0 saturated carbocycles. The van der Waals surface area contributed by atoms with Crippen LogP contribution in [0.25, 0.3) is 0 Å². The van der Waals surface area contributed by atoms with Gasteiger partial charge in [0.1, 0.15) is 0 Å². The van der Waals surface area contributed by atoms with Crippen LogP contribution >= 0.6 is 23.1 Å². The Morgan fingerprint density at radius 1 is 1.39 bits per heavy atom. The second-order valence-electron chi connectivity index (χ2n) is 3.26. The zero-order valence-electron chi connectivity index (χ0n) is 9.24. The van der Waals surface area contributed by atoms with Crippen LogP contribution in [0, 0.1) is 0 Å². The zero-order valence-corrected chi connectivity index (χ0v) is 10.9. The first kappa shape index (κ1) is 12.8. The van der Waals surface area contributed by atoms with E-state index in [9.17, 15) is 4.79 Å². The number of nitrogens with one attached hydrogen (secondary N) is 1. The molecule has 0 aliphatic carbocycles.